The molecule has 7 nitrogen and oxygen atoms in total. The Hall–Kier alpha value is -4.26. The smallest absolute Gasteiger partial charge is 0.323 e. The Morgan fingerprint density at radius 2 is 1.55 bits per heavy atom. The van der Waals surface area contributed by atoms with Crippen molar-refractivity contribution in [2.45, 2.75) is 0 Å². The number of aromatic nitrogens is 1. The first-order chi connectivity index (χ1) is 14.0. The van der Waals surface area contributed by atoms with Gasteiger partial charge in [-0.1, -0.05) is 36.4 Å². The van der Waals surface area contributed by atoms with Crippen LogP contribution in [0.25, 0.3) is 22.2 Å². The maximum absolute atomic E-state index is 12.1. The van der Waals surface area contributed by atoms with Crippen molar-refractivity contribution in [3.63, 3.8) is 0 Å². The van der Waals surface area contributed by atoms with E-state index in [2.05, 4.69) is 10.6 Å². The fraction of sp³-hybridized carbons (Fsp3) is 0. The minimum absolute atomic E-state index is 0.0667. The molecule has 4 rings (SSSR count). The minimum Gasteiger partial charge on any atom is -0.508 e. The number of hydrogen-bond donors (Lipinski definition) is 4. The molecule has 3 aromatic carbocycles. The monoisotopic (exact) mass is 386 g/mol. The lowest BCUT2D eigenvalue weighted by atomic mass is 10.1. The zero-order chi connectivity index (χ0) is 20.4. The Kier molecular flexibility index (Phi) is 4.62. The molecule has 0 fully saturated rings. The summed E-state index contributed by atoms with van der Waals surface area (Å²) in [5, 5.41) is 15.7. The van der Waals surface area contributed by atoms with Gasteiger partial charge in [-0.25, -0.2) is 9.59 Å². The molecule has 29 heavy (non-hydrogen) atoms. The number of nitrogens with zero attached hydrogens (tertiary/aromatic N) is 1. The summed E-state index contributed by atoms with van der Waals surface area (Å²) in [7, 11) is 0. The zero-order valence-electron chi connectivity index (χ0n) is 15.3. The number of para-hydroxylation sites is 1. The van der Waals surface area contributed by atoms with E-state index >= 15 is 0 Å². The molecule has 0 unspecified atom stereocenters. The first kappa shape index (κ1) is 18.1. The fourth-order valence-electron chi connectivity index (χ4n) is 3.21. The summed E-state index contributed by atoms with van der Waals surface area (Å²) in [5.41, 5.74) is 8.84. The van der Waals surface area contributed by atoms with E-state index in [1.807, 2.05) is 30.3 Å². The summed E-state index contributed by atoms with van der Waals surface area (Å²) in [6.07, 6.45) is 0. The number of phenols is 1. The highest BCUT2D eigenvalue weighted by atomic mass is 16.3. The molecule has 0 spiro atoms. The standard InChI is InChI=1S/C22H18N4O3/c23-21(28)26-19-7-2-1-4-15(19)12-20(26)14-8-10-16(11-9-14)24-22(29)25-17-5-3-6-18(27)13-17/h1-13,27H,(H2,23,28)(H2,24,25,29). The molecular weight excluding hydrogens is 368 g/mol. The van der Waals surface area contributed by atoms with Gasteiger partial charge in [0.2, 0.25) is 0 Å². The van der Waals surface area contributed by atoms with Gasteiger partial charge in [-0.2, -0.15) is 0 Å². The zero-order valence-corrected chi connectivity index (χ0v) is 15.3. The van der Waals surface area contributed by atoms with Crippen LogP contribution in [0.3, 0.4) is 0 Å². The third-order valence-corrected chi connectivity index (χ3v) is 4.47. The molecule has 144 valence electrons. The highest BCUT2D eigenvalue weighted by Crippen LogP contribution is 2.29. The molecule has 0 aliphatic carbocycles. The fourth-order valence-corrected chi connectivity index (χ4v) is 3.21. The number of anilines is 2. The van der Waals surface area contributed by atoms with Gasteiger partial charge in [0, 0.05) is 22.8 Å². The summed E-state index contributed by atoms with van der Waals surface area (Å²) in [5.74, 6) is 0.0667. The molecule has 4 aromatic rings. The molecular formula is C22H18N4O3. The number of aromatic hydroxyl groups is 1. The molecule has 0 aliphatic heterocycles. The van der Waals surface area contributed by atoms with Crippen LogP contribution < -0.4 is 16.4 Å². The largest absolute Gasteiger partial charge is 0.508 e. The average Bonchev–Trinajstić information content (AvgIpc) is 3.08. The van der Waals surface area contributed by atoms with E-state index in [4.69, 9.17) is 5.73 Å². The summed E-state index contributed by atoms with van der Waals surface area (Å²) >= 11 is 0. The number of nitrogens with two attached hydrogens (primary N) is 1. The molecule has 1 heterocycles. The summed E-state index contributed by atoms with van der Waals surface area (Å²) < 4.78 is 1.46. The van der Waals surface area contributed by atoms with Crippen LogP contribution in [0.15, 0.2) is 78.9 Å². The number of benzene rings is 3. The number of rotatable bonds is 3. The van der Waals surface area contributed by atoms with Crippen LogP contribution in [0.1, 0.15) is 0 Å². The molecule has 0 atom stereocenters. The second-order valence-electron chi connectivity index (χ2n) is 6.47. The quantitative estimate of drug-likeness (QED) is 0.413. The highest BCUT2D eigenvalue weighted by molar-refractivity contribution is 6.00. The molecule has 0 saturated carbocycles. The van der Waals surface area contributed by atoms with Crippen LogP contribution in [-0.2, 0) is 0 Å². The third-order valence-electron chi connectivity index (χ3n) is 4.47. The molecule has 0 saturated heterocycles. The van der Waals surface area contributed by atoms with Gasteiger partial charge in [0.25, 0.3) is 0 Å². The molecule has 0 bridgehead atoms. The molecule has 1 aromatic heterocycles. The first-order valence-corrected chi connectivity index (χ1v) is 8.89. The van der Waals surface area contributed by atoms with Crippen molar-refractivity contribution in [3.8, 4) is 17.0 Å². The number of amides is 3. The van der Waals surface area contributed by atoms with Crippen molar-refractivity contribution >= 4 is 34.3 Å². The maximum atomic E-state index is 12.1. The molecule has 5 N–H and O–H groups in total. The van der Waals surface area contributed by atoms with Gasteiger partial charge in [-0.3, -0.25) is 4.57 Å². The lowest BCUT2D eigenvalue weighted by Crippen LogP contribution is -2.20. The van der Waals surface area contributed by atoms with Crippen molar-refractivity contribution < 1.29 is 14.7 Å². The highest BCUT2D eigenvalue weighted by Gasteiger charge is 2.14. The van der Waals surface area contributed by atoms with Gasteiger partial charge < -0.3 is 21.5 Å². The van der Waals surface area contributed by atoms with Gasteiger partial charge in [0.15, 0.2) is 0 Å². The average molecular weight is 386 g/mol. The van der Waals surface area contributed by atoms with Gasteiger partial charge >= 0.3 is 12.1 Å². The van der Waals surface area contributed by atoms with Gasteiger partial charge in [0.05, 0.1) is 11.2 Å². The number of phenolic OH excluding ortho intramolecular Hbond substituents is 1. The van der Waals surface area contributed by atoms with Gasteiger partial charge in [-0.15, -0.1) is 0 Å². The molecule has 7 heteroatoms. The van der Waals surface area contributed by atoms with E-state index in [1.165, 1.54) is 16.7 Å². The number of nitrogens with one attached hydrogen (secondary N) is 2. The predicted octanol–water partition coefficient (Wildman–Crippen LogP) is 4.58. The third kappa shape index (κ3) is 3.74. The van der Waals surface area contributed by atoms with Crippen LogP contribution in [0.4, 0.5) is 21.0 Å². The lowest BCUT2D eigenvalue weighted by Gasteiger charge is -2.10. The van der Waals surface area contributed by atoms with Crippen molar-refractivity contribution in [1.82, 2.24) is 4.57 Å². The molecule has 0 radical (unpaired) electrons. The van der Waals surface area contributed by atoms with Crippen molar-refractivity contribution in [1.29, 1.82) is 0 Å². The van der Waals surface area contributed by atoms with E-state index in [0.717, 1.165) is 16.5 Å². The van der Waals surface area contributed by atoms with E-state index < -0.39 is 12.1 Å². The summed E-state index contributed by atoms with van der Waals surface area (Å²) in [4.78, 5) is 24.1. The normalized spacial score (nSPS) is 10.6. The van der Waals surface area contributed by atoms with Crippen LogP contribution >= 0.6 is 0 Å². The molecule has 0 aliphatic rings. The number of fused-ring (bicyclic) bond motifs is 1. The van der Waals surface area contributed by atoms with E-state index in [0.29, 0.717) is 17.1 Å². The second-order valence-corrected chi connectivity index (χ2v) is 6.47. The Morgan fingerprint density at radius 1 is 0.828 bits per heavy atom. The van der Waals surface area contributed by atoms with E-state index in [-0.39, 0.29) is 5.75 Å². The van der Waals surface area contributed by atoms with Crippen molar-refractivity contribution in [3.05, 3.63) is 78.9 Å². The summed E-state index contributed by atoms with van der Waals surface area (Å²) in [6, 6.07) is 21.8. The predicted molar refractivity (Wildman–Crippen MR) is 113 cm³/mol. The van der Waals surface area contributed by atoms with E-state index in [1.54, 1.807) is 36.4 Å². The Balaban J connectivity index is 1.55. The van der Waals surface area contributed by atoms with Gasteiger partial charge in [0.1, 0.15) is 5.75 Å². The maximum Gasteiger partial charge on any atom is 0.323 e. The summed E-state index contributed by atoms with van der Waals surface area (Å²) in [6.45, 7) is 0. The van der Waals surface area contributed by atoms with E-state index in [9.17, 15) is 14.7 Å². The SMILES string of the molecule is NC(=O)n1c(-c2ccc(NC(=O)Nc3cccc(O)c3)cc2)cc2ccccc21. The molecule has 3 amide bonds. The Labute approximate surface area is 166 Å². The van der Waals surface area contributed by atoms with Crippen LogP contribution in [0.2, 0.25) is 0 Å². The minimum atomic E-state index is -0.561. The van der Waals surface area contributed by atoms with Crippen LogP contribution in [0.5, 0.6) is 5.75 Å². The van der Waals surface area contributed by atoms with Crippen LogP contribution in [-0.4, -0.2) is 21.7 Å². The van der Waals surface area contributed by atoms with Crippen molar-refractivity contribution in [2.24, 2.45) is 5.73 Å². The number of primary amides is 1. The van der Waals surface area contributed by atoms with Crippen molar-refractivity contribution in [2.75, 3.05) is 10.6 Å². The number of carbonyl (C=O) groups is 2. The lowest BCUT2D eigenvalue weighted by molar-refractivity contribution is 0.251. The number of urea groups is 1. The Morgan fingerprint density at radius 3 is 2.28 bits per heavy atom. The first-order valence-electron chi connectivity index (χ1n) is 8.89. The van der Waals surface area contributed by atoms with Crippen LogP contribution in [0, 0.1) is 0 Å². The Bertz CT molecular complexity index is 1210. The second kappa shape index (κ2) is 7.40. The van der Waals surface area contributed by atoms with Gasteiger partial charge in [-0.05, 0) is 42.0 Å². The number of hydrogen-bond acceptors (Lipinski definition) is 3. The number of carbonyl (C=O) groups excluding carboxylic acids is 2. The topological polar surface area (TPSA) is 109 Å².